The topological polar surface area (TPSA) is 46.5 Å². The number of likely N-dealkylation sites (N-methyl/N-ethyl adjacent to an activating group) is 1. The van der Waals surface area contributed by atoms with Gasteiger partial charge in [0.2, 0.25) is 0 Å². The number of rotatable bonds is 4. The van der Waals surface area contributed by atoms with Crippen molar-refractivity contribution in [1.82, 2.24) is 0 Å². The summed E-state index contributed by atoms with van der Waals surface area (Å²) in [5, 5.41) is 9.44. The van der Waals surface area contributed by atoms with Crippen LogP contribution in [0.2, 0.25) is 0 Å². The summed E-state index contributed by atoms with van der Waals surface area (Å²) in [6.45, 7) is 1.08. The molecule has 0 aliphatic heterocycles. The summed E-state index contributed by atoms with van der Waals surface area (Å²) in [5.74, 6) is -0.524. The first-order valence-corrected chi connectivity index (χ1v) is 5.16. The van der Waals surface area contributed by atoms with Crippen LogP contribution in [0.25, 0.3) is 0 Å². The molecule has 0 unspecified atom stereocenters. The molecule has 6 heteroatoms. The molecule has 0 atom stereocenters. The van der Waals surface area contributed by atoms with Gasteiger partial charge in [-0.15, -0.1) is 0 Å². The van der Waals surface area contributed by atoms with Crippen LogP contribution in [0.1, 0.15) is 10.4 Å². The van der Waals surface area contributed by atoms with Gasteiger partial charge in [-0.3, -0.25) is 0 Å². The van der Waals surface area contributed by atoms with E-state index in [0.717, 1.165) is 11.0 Å². The van der Waals surface area contributed by atoms with Crippen LogP contribution in [-0.4, -0.2) is 79.4 Å². The van der Waals surface area contributed by atoms with Crippen LogP contribution in [0.4, 0.5) is 0 Å². The maximum atomic E-state index is 11.6. The molecule has 0 radical (unpaired) electrons. The quantitative estimate of drug-likeness (QED) is 0.503. The average Bonchev–Trinajstić information content (AvgIpc) is 2.16. The Labute approximate surface area is 137 Å². The fraction of sp³-hybridized carbons (Fsp3) is 0.417. The van der Waals surface area contributed by atoms with Crippen molar-refractivity contribution in [3.8, 4) is 5.75 Å². The number of phenols is 1. The predicted octanol–water partition coefficient (Wildman–Crippen LogP) is 0.719. The molecule has 0 saturated heterocycles. The van der Waals surface area contributed by atoms with Crippen molar-refractivity contribution in [3.63, 3.8) is 0 Å². The minimum absolute atomic E-state index is 0. The van der Waals surface area contributed by atoms with Gasteiger partial charge in [0.25, 0.3) is 0 Å². The molecule has 98 valence electrons. The van der Waals surface area contributed by atoms with E-state index in [1.807, 2.05) is 21.1 Å². The van der Waals surface area contributed by atoms with E-state index in [2.05, 4.69) is 0 Å². The number of carbonyl (C=O) groups excluding carboxylic acids is 1. The third kappa shape index (κ3) is 7.28. The molecular formula is C12H21NNaO3S+. The second-order valence-electron chi connectivity index (χ2n) is 4.67. The molecule has 4 nitrogen and oxygen atoms in total. The number of hydrogen-bond donors (Lipinski definition) is 1. The van der Waals surface area contributed by atoms with Gasteiger partial charge >= 0.3 is 35.5 Å². The summed E-state index contributed by atoms with van der Waals surface area (Å²) >= 11 is 0. The Morgan fingerprint density at radius 1 is 1.28 bits per heavy atom. The first kappa shape index (κ1) is 20.1. The maximum absolute atomic E-state index is 11.6. The van der Waals surface area contributed by atoms with E-state index in [1.54, 1.807) is 18.2 Å². The van der Waals surface area contributed by atoms with Gasteiger partial charge in [-0.1, -0.05) is 12.1 Å². The number of quaternary nitrogens is 1. The van der Waals surface area contributed by atoms with Crippen LogP contribution in [-0.2, 0) is 4.74 Å². The number of nitrogens with zero attached hydrogens (tertiary/aromatic N) is 1. The number of carbonyl (C=O) groups is 1. The van der Waals surface area contributed by atoms with Crippen LogP contribution in [0, 0.1) is 0 Å². The van der Waals surface area contributed by atoms with E-state index in [4.69, 9.17) is 4.74 Å². The number of esters is 1. The normalized spacial score (nSPS) is 9.94. The van der Waals surface area contributed by atoms with E-state index < -0.39 is 5.97 Å². The Bertz CT molecular complexity index is 380. The molecule has 0 heterocycles. The van der Waals surface area contributed by atoms with Crippen molar-refractivity contribution in [2.45, 2.75) is 0 Å². The zero-order valence-corrected chi connectivity index (χ0v) is 11.4. The van der Waals surface area contributed by atoms with Crippen LogP contribution in [0.15, 0.2) is 24.3 Å². The molecule has 1 rings (SSSR count). The van der Waals surface area contributed by atoms with Gasteiger partial charge < -0.3 is 14.3 Å². The second-order valence-corrected chi connectivity index (χ2v) is 4.67. The standard InChI is InChI=1S/C12H17NO3.Na.H2S.H/c1-13(2,3)8-9-16-12(15)10-6-4-5-7-11(10)14;;;/h4-7H,8-9H2,1-3H3;;1H2;/p+1. The zero-order chi connectivity index (χ0) is 12.2. The first-order chi connectivity index (χ1) is 7.40. The van der Waals surface area contributed by atoms with Crippen molar-refractivity contribution in [2.24, 2.45) is 0 Å². The monoisotopic (exact) mass is 282 g/mol. The molecule has 0 amide bonds. The number of benzene rings is 1. The summed E-state index contributed by atoms with van der Waals surface area (Å²) in [6.07, 6.45) is 0. The van der Waals surface area contributed by atoms with Gasteiger partial charge in [-0.05, 0) is 12.1 Å². The van der Waals surface area contributed by atoms with Crippen molar-refractivity contribution >= 4 is 49.0 Å². The van der Waals surface area contributed by atoms with Gasteiger partial charge in [0.1, 0.15) is 24.5 Å². The summed E-state index contributed by atoms with van der Waals surface area (Å²) in [5.41, 5.74) is 0.212. The van der Waals surface area contributed by atoms with Crippen molar-refractivity contribution in [3.05, 3.63) is 29.8 Å². The van der Waals surface area contributed by atoms with Gasteiger partial charge in [0.05, 0.1) is 21.1 Å². The fourth-order valence-corrected chi connectivity index (χ4v) is 1.14. The molecule has 0 aliphatic carbocycles. The van der Waals surface area contributed by atoms with Gasteiger partial charge in [0, 0.05) is 0 Å². The SMILES string of the molecule is C[N+](C)(C)CCOC(=O)c1ccccc1O.S.[NaH]. The molecule has 0 spiro atoms. The van der Waals surface area contributed by atoms with E-state index in [9.17, 15) is 9.90 Å². The molecule has 0 bridgehead atoms. The molecule has 18 heavy (non-hydrogen) atoms. The van der Waals surface area contributed by atoms with Crippen LogP contribution in [0.5, 0.6) is 5.75 Å². The molecule has 1 aromatic carbocycles. The Morgan fingerprint density at radius 3 is 2.33 bits per heavy atom. The van der Waals surface area contributed by atoms with E-state index in [1.165, 1.54) is 6.07 Å². The average molecular weight is 282 g/mol. The van der Waals surface area contributed by atoms with Gasteiger partial charge in [-0.2, -0.15) is 13.5 Å². The summed E-state index contributed by atoms with van der Waals surface area (Å²) in [4.78, 5) is 11.6. The number of hydrogen-bond acceptors (Lipinski definition) is 3. The Hall–Kier alpha value is -0.200. The summed E-state index contributed by atoms with van der Waals surface area (Å²) in [6, 6.07) is 6.37. The van der Waals surface area contributed by atoms with E-state index in [0.29, 0.717) is 6.61 Å². The summed E-state index contributed by atoms with van der Waals surface area (Å²) in [7, 11) is 6.06. The fourth-order valence-electron chi connectivity index (χ4n) is 1.14. The number of para-hydroxylation sites is 1. The van der Waals surface area contributed by atoms with E-state index >= 15 is 0 Å². The number of aromatic hydroxyl groups is 1. The van der Waals surface area contributed by atoms with Gasteiger partial charge in [-0.25, -0.2) is 4.79 Å². The Morgan fingerprint density at radius 2 is 1.83 bits per heavy atom. The van der Waals surface area contributed by atoms with Gasteiger partial charge in [0.15, 0.2) is 0 Å². The molecule has 1 aromatic rings. The zero-order valence-electron chi connectivity index (χ0n) is 10.4. The van der Waals surface area contributed by atoms with Crippen molar-refractivity contribution < 1.29 is 19.1 Å². The molecular weight excluding hydrogens is 261 g/mol. The predicted molar refractivity (Wildman–Crippen MR) is 78.8 cm³/mol. The molecule has 0 aliphatic rings. The number of ether oxygens (including phenoxy) is 1. The molecule has 0 aromatic heterocycles. The third-order valence-corrected chi connectivity index (χ3v) is 2.12. The molecule has 0 saturated carbocycles. The van der Waals surface area contributed by atoms with Crippen LogP contribution >= 0.6 is 13.5 Å². The minimum atomic E-state index is -0.480. The molecule has 1 N–H and O–H groups in total. The van der Waals surface area contributed by atoms with Crippen LogP contribution in [0.3, 0.4) is 0 Å². The van der Waals surface area contributed by atoms with Crippen molar-refractivity contribution in [2.75, 3.05) is 34.3 Å². The summed E-state index contributed by atoms with van der Waals surface area (Å²) < 4.78 is 5.80. The first-order valence-electron chi connectivity index (χ1n) is 5.16. The molecule has 0 fully saturated rings. The second kappa shape index (κ2) is 8.82. The third-order valence-electron chi connectivity index (χ3n) is 2.12. The number of phenolic OH excluding ortho intramolecular Hbond substituents is 1. The Balaban J connectivity index is 0. The van der Waals surface area contributed by atoms with Crippen LogP contribution < -0.4 is 0 Å². The van der Waals surface area contributed by atoms with Crippen molar-refractivity contribution in [1.29, 1.82) is 0 Å². The Kier molecular flexibility index (Phi) is 9.87. The van der Waals surface area contributed by atoms with E-state index in [-0.39, 0.29) is 54.4 Å².